The highest BCUT2D eigenvalue weighted by atomic mass is 35.5. The zero-order valence-electron chi connectivity index (χ0n) is 16.0. The van der Waals surface area contributed by atoms with E-state index < -0.39 is 11.5 Å². The summed E-state index contributed by atoms with van der Waals surface area (Å²) >= 11 is 5.43. The maximum Gasteiger partial charge on any atom is 0.320 e. The first-order valence-corrected chi connectivity index (χ1v) is 9.40. The second kappa shape index (κ2) is 8.02. The number of halogens is 1. The van der Waals surface area contributed by atoms with Crippen LogP contribution in [0.2, 0.25) is 0 Å². The van der Waals surface area contributed by atoms with E-state index >= 15 is 0 Å². The Morgan fingerprint density at radius 1 is 1.14 bits per heavy atom. The van der Waals surface area contributed by atoms with Gasteiger partial charge in [0.15, 0.2) is 5.69 Å². The number of nitrogens with zero attached hydrogens (tertiary/aromatic N) is 2. The lowest BCUT2D eigenvalue weighted by Gasteiger charge is -2.25. The van der Waals surface area contributed by atoms with Crippen molar-refractivity contribution in [3.8, 4) is 11.1 Å². The molecule has 0 fully saturated rings. The molecule has 0 spiro atoms. The van der Waals surface area contributed by atoms with Crippen LogP contribution in [0.5, 0.6) is 0 Å². The van der Waals surface area contributed by atoms with E-state index in [1.54, 1.807) is 25.6 Å². The van der Waals surface area contributed by atoms with E-state index in [0.717, 1.165) is 22.0 Å². The van der Waals surface area contributed by atoms with Gasteiger partial charge in [0.25, 0.3) is 5.91 Å². The molecule has 3 rings (SSSR count). The molecule has 0 saturated carbocycles. The van der Waals surface area contributed by atoms with Gasteiger partial charge < -0.3 is 10.1 Å². The molecule has 1 amide bonds. The summed E-state index contributed by atoms with van der Waals surface area (Å²) < 4.78 is 6.73. The first-order valence-electron chi connectivity index (χ1n) is 8.87. The minimum atomic E-state index is -0.757. The Hall–Kier alpha value is -2.86. The minimum absolute atomic E-state index is 0.0210. The molecule has 1 heterocycles. The standard InChI is InChI=1S/C21H22ClN3O3/c1-21(2,13-28-18(26)12-22)23-20(27)19-16-10-9-15(11-17(16)25(3)24-19)14-7-5-4-6-8-14/h4-11H,12-13H2,1-3H3,(H,23,27). The molecule has 1 aromatic heterocycles. The van der Waals surface area contributed by atoms with Gasteiger partial charge >= 0.3 is 5.97 Å². The van der Waals surface area contributed by atoms with Gasteiger partial charge in [0.05, 0.1) is 11.1 Å². The van der Waals surface area contributed by atoms with E-state index in [9.17, 15) is 9.59 Å². The van der Waals surface area contributed by atoms with Crippen LogP contribution in [0.3, 0.4) is 0 Å². The van der Waals surface area contributed by atoms with Crippen molar-refractivity contribution in [2.45, 2.75) is 19.4 Å². The Balaban J connectivity index is 1.85. The van der Waals surface area contributed by atoms with Crippen molar-refractivity contribution in [2.75, 3.05) is 12.5 Å². The number of carbonyl (C=O) groups is 2. The van der Waals surface area contributed by atoms with Gasteiger partial charge in [0, 0.05) is 12.4 Å². The van der Waals surface area contributed by atoms with Crippen LogP contribution in [-0.4, -0.2) is 39.7 Å². The van der Waals surface area contributed by atoms with E-state index in [1.165, 1.54) is 0 Å². The predicted octanol–water partition coefficient (Wildman–Crippen LogP) is 3.53. The molecular weight excluding hydrogens is 378 g/mol. The highest BCUT2D eigenvalue weighted by Gasteiger charge is 2.26. The quantitative estimate of drug-likeness (QED) is 0.508. The third-order valence-corrected chi connectivity index (χ3v) is 4.55. The number of rotatable bonds is 6. The molecule has 0 saturated heterocycles. The van der Waals surface area contributed by atoms with Crippen molar-refractivity contribution in [2.24, 2.45) is 7.05 Å². The molecule has 6 nitrogen and oxygen atoms in total. The minimum Gasteiger partial charge on any atom is -0.462 e. The smallest absolute Gasteiger partial charge is 0.320 e. The molecule has 28 heavy (non-hydrogen) atoms. The highest BCUT2D eigenvalue weighted by molar-refractivity contribution is 6.26. The lowest BCUT2D eigenvalue weighted by Crippen LogP contribution is -2.47. The number of hydrogen-bond donors (Lipinski definition) is 1. The maximum absolute atomic E-state index is 12.8. The van der Waals surface area contributed by atoms with Crippen LogP contribution in [0.25, 0.3) is 22.0 Å². The fourth-order valence-electron chi connectivity index (χ4n) is 2.94. The maximum atomic E-state index is 12.8. The van der Waals surface area contributed by atoms with Gasteiger partial charge in [-0.1, -0.05) is 36.4 Å². The van der Waals surface area contributed by atoms with Crippen LogP contribution < -0.4 is 5.32 Å². The van der Waals surface area contributed by atoms with Crippen LogP contribution in [0.4, 0.5) is 0 Å². The molecule has 2 aromatic carbocycles. The summed E-state index contributed by atoms with van der Waals surface area (Å²) in [6, 6.07) is 15.9. The molecule has 0 radical (unpaired) electrons. The molecule has 0 aliphatic heterocycles. The summed E-state index contributed by atoms with van der Waals surface area (Å²) in [5, 5.41) is 8.02. The lowest BCUT2D eigenvalue weighted by atomic mass is 10.0. The second-order valence-electron chi connectivity index (χ2n) is 7.20. The fourth-order valence-corrected chi connectivity index (χ4v) is 3.01. The number of alkyl halides is 1. The van der Waals surface area contributed by atoms with Gasteiger partial charge in [-0.25, -0.2) is 0 Å². The van der Waals surface area contributed by atoms with Crippen molar-refractivity contribution >= 4 is 34.4 Å². The number of aromatic nitrogens is 2. The first-order chi connectivity index (χ1) is 13.3. The van der Waals surface area contributed by atoms with Crippen LogP contribution in [0.15, 0.2) is 48.5 Å². The summed E-state index contributed by atoms with van der Waals surface area (Å²) in [5.41, 5.74) is 2.58. The third kappa shape index (κ3) is 4.34. The van der Waals surface area contributed by atoms with Crippen LogP contribution in [0, 0.1) is 0 Å². The first kappa shape index (κ1) is 19.9. The summed E-state index contributed by atoms with van der Waals surface area (Å²) in [4.78, 5) is 24.1. The SMILES string of the molecule is Cn1nc(C(=O)NC(C)(C)COC(=O)CCl)c2ccc(-c3ccccc3)cc21. The number of ether oxygens (including phenoxy) is 1. The molecule has 146 valence electrons. The molecule has 0 aliphatic rings. The summed E-state index contributed by atoms with van der Waals surface area (Å²) in [6.45, 7) is 3.56. The molecule has 1 N–H and O–H groups in total. The molecular formula is C21H22ClN3O3. The average molecular weight is 400 g/mol. The Kier molecular flexibility index (Phi) is 5.70. The average Bonchev–Trinajstić information content (AvgIpc) is 3.03. The molecule has 3 aromatic rings. The van der Waals surface area contributed by atoms with E-state index in [4.69, 9.17) is 16.3 Å². The molecule has 0 bridgehead atoms. The van der Waals surface area contributed by atoms with Crippen molar-refractivity contribution in [1.82, 2.24) is 15.1 Å². The van der Waals surface area contributed by atoms with Crippen LogP contribution in [-0.2, 0) is 16.6 Å². The predicted molar refractivity (Wildman–Crippen MR) is 109 cm³/mol. The zero-order chi connectivity index (χ0) is 20.3. The van der Waals surface area contributed by atoms with Crippen molar-refractivity contribution in [3.05, 3.63) is 54.2 Å². The highest BCUT2D eigenvalue weighted by Crippen LogP contribution is 2.26. The number of hydrogen-bond acceptors (Lipinski definition) is 4. The summed E-state index contributed by atoms with van der Waals surface area (Å²) in [6.07, 6.45) is 0. The van der Waals surface area contributed by atoms with Gasteiger partial charge in [0.1, 0.15) is 12.5 Å². The van der Waals surface area contributed by atoms with Gasteiger partial charge in [-0.3, -0.25) is 14.3 Å². The Morgan fingerprint density at radius 2 is 1.86 bits per heavy atom. The second-order valence-corrected chi connectivity index (χ2v) is 7.47. The number of carbonyl (C=O) groups excluding carboxylic acids is 2. The molecule has 0 unspecified atom stereocenters. The summed E-state index contributed by atoms with van der Waals surface area (Å²) in [5.74, 6) is -1.08. The molecule has 0 atom stereocenters. The molecule has 7 heteroatoms. The fraction of sp³-hybridized carbons (Fsp3) is 0.286. The summed E-state index contributed by atoms with van der Waals surface area (Å²) in [7, 11) is 1.81. The van der Waals surface area contributed by atoms with Crippen LogP contribution >= 0.6 is 11.6 Å². The number of amides is 1. The topological polar surface area (TPSA) is 73.2 Å². The Bertz CT molecular complexity index is 1010. The Labute approximate surface area is 168 Å². The van der Waals surface area contributed by atoms with Crippen molar-refractivity contribution in [3.63, 3.8) is 0 Å². The van der Waals surface area contributed by atoms with E-state index in [2.05, 4.69) is 10.4 Å². The third-order valence-electron chi connectivity index (χ3n) is 4.33. The lowest BCUT2D eigenvalue weighted by molar-refractivity contribution is -0.142. The monoisotopic (exact) mass is 399 g/mol. The number of benzene rings is 2. The van der Waals surface area contributed by atoms with E-state index in [0.29, 0.717) is 5.69 Å². The van der Waals surface area contributed by atoms with Crippen LogP contribution in [0.1, 0.15) is 24.3 Å². The van der Waals surface area contributed by atoms with Gasteiger partial charge in [-0.05, 0) is 37.1 Å². The number of esters is 1. The zero-order valence-corrected chi connectivity index (χ0v) is 16.8. The van der Waals surface area contributed by atoms with Gasteiger partial charge in [-0.15, -0.1) is 11.6 Å². The molecule has 0 aliphatic carbocycles. The van der Waals surface area contributed by atoms with Gasteiger partial charge in [-0.2, -0.15) is 5.10 Å². The van der Waals surface area contributed by atoms with Gasteiger partial charge in [0.2, 0.25) is 0 Å². The van der Waals surface area contributed by atoms with Crippen molar-refractivity contribution in [1.29, 1.82) is 0 Å². The van der Waals surface area contributed by atoms with E-state index in [1.807, 2.05) is 48.5 Å². The number of nitrogens with one attached hydrogen (secondary N) is 1. The van der Waals surface area contributed by atoms with Crippen molar-refractivity contribution < 1.29 is 14.3 Å². The van der Waals surface area contributed by atoms with E-state index in [-0.39, 0.29) is 18.4 Å². The number of aryl methyl sites for hydroxylation is 1. The largest absolute Gasteiger partial charge is 0.462 e. The Morgan fingerprint density at radius 3 is 2.54 bits per heavy atom. The number of fused-ring (bicyclic) bond motifs is 1. The normalized spacial score (nSPS) is 11.4.